The number of benzene rings is 2. The number of carbonyl (C=O) groups excluding carboxylic acids is 1. The number of carbonyl (C=O) groups is 1. The van der Waals surface area contributed by atoms with Crippen LogP contribution in [0.3, 0.4) is 0 Å². The molecule has 0 aromatic heterocycles. The van der Waals surface area contributed by atoms with Crippen LogP contribution in [0.4, 0.5) is 18.9 Å². The summed E-state index contributed by atoms with van der Waals surface area (Å²) in [6, 6.07) is 7.17. The highest BCUT2D eigenvalue weighted by atomic mass is 35.5. The Hall–Kier alpha value is -2.26. The fourth-order valence-electron chi connectivity index (χ4n) is 1.92. The summed E-state index contributed by atoms with van der Waals surface area (Å²) in [6.45, 7) is 0. The summed E-state index contributed by atoms with van der Waals surface area (Å²) < 4.78 is 65.4. The van der Waals surface area contributed by atoms with Crippen LogP contribution in [-0.2, 0) is 16.2 Å². The van der Waals surface area contributed by atoms with Crippen molar-refractivity contribution in [3.8, 4) is 0 Å². The van der Waals surface area contributed by atoms with Gasteiger partial charge in [-0.25, -0.2) is 8.42 Å². The summed E-state index contributed by atoms with van der Waals surface area (Å²) in [4.78, 5) is 10.3. The lowest BCUT2D eigenvalue weighted by molar-refractivity contribution is -0.139. The molecule has 0 atom stereocenters. The number of hydrogen-bond acceptors (Lipinski definition) is 3. The molecule has 0 unspecified atom stereocenters. The van der Waals surface area contributed by atoms with Crippen LogP contribution < -0.4 is 10.5 Å². The zero-order valence-corrected chi connectivity index (χ0v) is 13.3. The third-order valence-electron chi connectivity index (χ3n) is 2.97. The van der Waals surface area contributed by atoms with Crippen molar-refractivity contribution >= 4 is 33.2 Å². The first kappa shape index (κ1) is 18.1. The largest absolute Gasteiger partial charge is 0.417 e. The minimum Gasteiger partial charge on any atom is -0.366 e. The Bertz CT molecular complexity index is 898. The molecule has 0 spiro atoms. The second-order valence-electron chi connectivity index (χ2n) is 4.66. The van der Waals surface area contributed by atoms with Crippen molar-refractivity contribution < 1.29 is 26.4 Å². The molecule has 0 heterocycles. The number of hydrogen-bond donors (Lipinski definition) is 2. The molecule has 5 nitrogen and oxygen atoms in total. The highest BCUT2D eigenvalue weighted by molar-refractivity contribution is 7.92. The minimum atomic E-state index is -4.84. The second-order valence-corrected chi connectivity index (χ2v) is 6.72. The predicted octanol–water partition coefficient (Wildman–Crippen LogP) is 3.26. The van der Waals surface area contributed by atoms with Crippen molar-refractivity contribution in [1.82, 2.24) is 0 Å². The lowest BCUT2D eigenvalue weighted by Gasteiger charge is -2.14. The first-order chi connectivity index (χ1) is 11.0. The summed E-state index contributed by atoms with van der Waals surface area (Å²) in [5.74, 6) is -0.906. The molecule has 0 aliphatic carbocycles. The summed E-state index contributed by atoms with van der Waals surface area (Å²) in [6.07, 6.45) is -4.84. The zero-order valence-electron chi connectivity index (χ0n) is 11.8. The van der Waals surface area contributed by atoms with Crippen LogP contribution in [0.2, 0.25) is 5.02 Å². The van der Waals surface area contributed by atoms with E-state index in [9.17, 15) is 26.4 Å². The Kier molecular flexibility index (Phi) is 4.77. The van der Waals surface area contributed by atoms with Crippen LogP contribution in [0.1, 0.15) is 15.9 Å². The minimum absolute atomic E-state index is 0.0128. The van der Waals surface area contributed by atoms with Crippen molar-refractivity contribution in [2.45, 2.75) is 11.1 Å². The van der Waals surface area contributed by atoms with Gasteiger partial charge in [0, 0.05) is 5.69 Å². The van der Waals surface area contributed by atoms with Crippen molar-refractivity contribution in [1.29, 1.82) is 0 Å². The number of nitrogens with one attached hydrogen (secondary N) is 1. The van der Waals surface area contributed by atoms with Crippen LogP contribution in [0.25, 0.3) is 0 Å². The van der Waals surface area contributed by atoms with Gasteiger partial charge in [-0.2, -0.15) is 13.2 Å². The number of rotatable bonds is 4. The molecule has 2 rings (SSSR count). The molecule has 0 fully saturated rings. The quantitative estimate of drug-likeness (QED) is 0.855. The molecule has 24 heavy (non-hydrogen) atoms. The van der Waals surface area contributed by atoms with E-state index >= 15 is 0 Å². The monoisotopic (exact) mass is 378 g/mol. The maximum Gasteiger partial charge on any atom is 0.417 e. The molecule has 0 saturated carbocycles. The van der Waals surface area contributed by atoms with E-state index in [4.69, 9.17) is 17.3 Å². The van der Waals surface area contributed by atoms with E-state index < -0.39 is 32.6 Å². The molecule has 3 N–H and O–H groups in total. The molecule has 10 heteroatoms. The van der Waals surface area contributed by atoms with Gasteiger partial charge < -0.3 is 5.73 Å². The summed E-state index contributed by atoms with van der Waals surface area (Å²) in [7, 11) is -4.55. The number of alkyl halides is 3. The third kappa shape index (κ3) is 3.80. The van der Waals surface area contributed by atoms with Gasteiger partial charge in [0.05, 0.1) is 21.0 Å². The molecule has 2 aromatic carbocycles. The standard InChI is InChI=1S/C14H10ClF3N2O3S/c15-11-6-5-8(7-9(11)13(19)21)20-24(22,23)12-4-2-1-3-10(12)14(16,17)18/h1-7,20H,(H2,19,21). The van der Waals surface area contributed by atoms with Crippen LogP contribution in [-0.4, -0.2) is 14.3 Å². The number of anilines is 1. The fraction of sp³-hybridized carbons (Fsp3) is 0.0714. The highest BCUT2D eigenvalue weighted by Gasteiger charge is 2.36. The van der Waals surface area contributed by atoms with Gasteiger partial charge in [-0.3, -0.25) is 9.52 Å². The normalized spacial score (nSPS) is 12.0. The SMILES string of the molecule is NC(=O)c1cc(NS(=O)(=O)c2ccccc2C(F)(F)F)ccc1Cl. The summed E-state index contributed by atoms with van der Waals surface area (Å²) in [5, 5.41) is -0.0128. The molecule has 128 valence electrons. The lowest BCUT2D eigenvalue weighted by Crippen LogP contribution is -2.19. The van der Waals surface area contributed by atoms with Crippen LogP contribution >= 0.6 is 11.6 Å². The maximum absolute atomic E-state index is 13.0. The van der Waals surface area contributed by atoms with Crippen molar-refractivity contribution in [2.24, 2.45) is 5.73 Å². The molecule has 0 radical (unpaired) electrons. The first-order valence-electron chi connectivity index (χ1n) is 6.31. The van der Waals surface area contributed by atoms with Gasteiger partial charge in [-0.1, -0.05) is 23.7 Å². The Labute approximate surface area is 140 Å². The van der Waals surface area contributed by atoms with Crippen LogP contribution in [0.5, 0.6) is 0 Å². The molecule has 2 aromatic rings. The average Bonchev–Trinajstić information content (AvgIpc) is 2.48. The van der Waals surface area contributed by atoms with Crippen molar-refractivity contribution in [2.75, 3.05) is 4.72 Å². The van der Waals surface area contributed by atoms with E-state index in [-0.39, 0.29) is 16.3 Å². The second kappa shape index (κ2) is 6.33. The van der Waals surface area contributed by atoms with Crippen LogP contribution in [0, 0.1) is 0 Å². The number of halogens is 4. The molecule has 0 aliphatic rings. The molecular weight excluding hydrogens is 369 g/mol. The van der Waals surface area contributed by atoms with Crippen molar-refractivity contribution in [3.05, 3.63) is 58.6 Å². The highest BCUT2D eigenvalue weighted by Crippen LogP contribution is 2.34. The van der Waals surface area contributed by atoms with E-state index in [1.807, 2.05) is 4.72 Å². The van der Waals surface area contributed by atoms with Crippen molar-refractivity contribution in [3.63, 3.8) is 0 Å². The molecule has 0 aliphatic heterocycles. The fourth-order valence-corrected chi connectivity index (χ4v) is 3.41. The summed E-state index contributed by atoms with van der Waals surface area (Å²) in [5.41, 5.74) is 3.47. The first-order valence-corrected chi connectivity index (χ1v) is 8.17. The van der Waals surface area contributed by atoms with Gasteiger partial charge >= 0.3 is 6.18 Å². The Morgan fingerprint density at radius 3 is 2.33 bits per heavy atom. The third-order valence-corrected chi connectivity index (χ3v) is 4.74. The molecule has 0 saturated heterocycles. The number of primary amides is 1. The zero-order chi connectivity index (χ0) is 18.1. The number of nitrogens with two attached hydrogens (primary N) is 1. The van der Waals surface area contributed by atoms with Crippen LogP contribution in [0.15, 0.2) is 47.4 Å². The number of amides is 1. The van der Waals surface area contributed by atoms with Gasteiger partial charge in [0.15, 0.2) is 0 Å². The summed E-state index contributed by atoms with van der Waals surface area (Å²) >= 11 is 5.74. The predicted molar refractivity (Wildman–Crippen MR) is 82.2 cm³/mol. The van der Waals surface area contributed by atoms with Gasteiger partial charge in [0.25, 0.3) is 10.0 Å². The Morgan fingerprint density at radius 1 is 1.12 bits per heavy atom. The van der Waals surface area contributed by atoms with Gasteiger partial charge in [0.1, 0.15) is 0 Å². The molecule has 1 amide bonds. The van der Waals surface area contributed by atoms with Gasteiger partial charge in [-0.15, -0.1) is 0 Å². The lowest BCUT2D eigenvalue weighted by atomic mass is 10.2. The van der Waals surface area contributed by atoms with E-state index in [0.29, 0.717) is 6.07 Å². The van der Waals surface area contributed by atoms with E-state index in [1.165, 1.54) is 18.2 Å². The molecular formula is C14H10ClF3N2O3S. The number of sulfonamides is 1. The van der Waals surface area contributed by atoms with Gasteiger partial charge in [-0.05, 0) is 30.3 Å². The Balaban J connectivity index is 2.48. The van der Waals surface area contributed by atoms with E-state index in [2.05, 4.69) is 0 Å². The maximum atomic E-state index is 13.0. The van der Waals surface area contributed by atoms with E-state index in [1.54, 1.807) is 0 Å². The topological polar surface area (TPSA) is 89.3 Å². The average molecular weight is 379 g/mol. The Morgan fingerprint density at radius 2 is 1.75 bits per heavy atom. The molecule has 0 bridgehead atoms. The smallest absolute Gasteiger partial charge is 0.366 e. The van der Waals surface area contributed by atoms with Gasteiger partial charge in [0.2, 0.25) is 5.91 Å². The van der Waals surface area contributed by atoms with E-state index in [0.717, 1.165) is 18.2 Å².